The number of ether oxygens (including phenoxy) is 2. The van der Waals surface area contributed by atoms with E-state index in [-0.39, 0.29) is 16.7 Å². The number of hydrogen-bond acceptors (Lipinski definition) is 7. The minimum absolute atomic E-state index is 0.215. The number of halogens is 1. The number of imide groups is 1. The third-order valence-corrected chi connectivity index (χ3v) is 10.0. The molecule has 3 atom stereocenters. The van der Waals surface area contributed by atoms with Crippen LogP contribution < -0.4 is 19.2 Å². The first kappa shape index (κ1) is 25.9. The lowest BCUT2D eigenvalue weighted by atomic mass is 9.83. The third-order valence-electron chi connectivity index (χ3n) is 7.10. The number of aryl methyl sites for hydroxylation is 1. The highest BCUT2D eigenvalue weighted by atomic mass is 79.9. The Morgan fingerprint density at radius 3 is 2.49 bits per heavy atom. The average Bonchev–Trinajstić information content (AvgIpc) is 3.43. The zero-order chi connectivity index (χ0) is 27.3. The van der Waals surface area contributed by atoms with Crippen LogP contribution in [0.1, 0.15) is 27.5 Å². The van der Waals surface area contributed by atoms with Crippen molar-refractivity contribution in [3.8, 4) is 11.5 Å². The van der Waals surface area contributed by atoms with Crippen molar-refractivity contribution in [3.05, 3.63) is 102 Å². The van der Waals surface area contributed by atoms with Crippen LogP contribution >= 0.6 is 39.0 Å². The second-order valence-electron chi connectivity index (χ2n) is 9.36. The number of carbonyl (C=O) groups excluding carboxylic acids is 2. The lowest BCUT2D eigenvalue weighted by molar-refractivity contribution is -0.122. The second-order valence-corrected chi connectivity index (χ2v) is 12.4. The number of fused-ring (bicyclic) bond motifs is 2. The molecule has 3 heterocycles. The van der Waals surface area contributed by atoms with Gasteiger partial charge in [0, 0.05) is 15.3 Å². The number of aromatic nitrogens is 1. The molecule has 1 saturated heterocycles. The molecule has 198 valence electrons. The van der Waals surface area contributed by atoms with Gasteiger partial charge in [-0.15, -0.1) is 0 Å². The molecule has 0 bridgehead atoms. The molecule has 39 heavy (non-hydrogen) atoms. The minimum atomic E-state index is -0.673. The summed E-state index contributed by atoms with van der Waals surface area (Å²) < 4.78 is 12.6. The van der Waals surface area contributed by atoms with E-state index in [1.165, 1.54) is 16.7 Å². The average molecular weight is 624 g/mol. The predicted molar refractivity (Wildman–Crippen MR) is 155 cm³/mol. The molecule has 0 unspecified atom stereocenters. The summed E-state index contributed by atoms with van der Waals surface area (Å²) in [7, 11) is 1.57. The number of benzene rings is 3. The van der Waals surface area contributed by atoms with Gasteiger partial charge in [-0.2, -0.15) is 0 Å². The number of thiazole rings is 1. The van der Waals surface area contributed by atoms with Crippen molar-refractivity contribution in [2.75, 3.05) is 12.0 Å². The first-order valence-electron chi connectivity index (χ1n) is 12.2. The Morgan fingerprint density at radius 1 is 0.974 bits per heavy atom. The molecular weight excluding hydrogens is 600 g/mol. The number of nitrogens with one attached hydrogen (secondary N) is 1. The van der Waals surface area contributed by atoms with E-state index in [1.54, 1.807) is 31.4 Å². The molecule has 0 aliphatic carbocycles. The van der Waals surface area contributed by atoms with E-state index in [2.05, 4.69) is 20.9 Å². The molecule has 3 aromatic carbocycles. The highest BCUT2D eigenvalue weighted by Crippen LogP contribution is 2.53. The zero-order valence-electron chi connectivity index (χ0n) is 21.0. The van der Waals surface area contributed by atoms with Gasteiger partial charge in [-0.3, -0.25) is 14.4 Å². The number of amides is 2. The van der Waals surface area contributed by atoms with E-state index in [0.29, 0.717) is 28.8 Å². The molecule has 2 amide bonds. The molecule has 1 N–H and O–H groups in total. The Labute approximate surface area is 241 Å². The van der Waals surface area contributed by atoms with E-state index in [1.807, 2.05) is 49.4 Å². The van der Waals surface area contributed by atoms with Gasteiger partial charge in [0.25, 0.3) is 0 Å². The number of rotatable bonds is 6. The minimum Gasteiger partial charge on any atom is -0.493 e. The molecule has 2 aliphatic rings. The topological polar surface area (TPSA) is 88.7 Å². The molecular formula is C29H23BrN2O5S2. The molecule has 1 fully saturated rings. The van der Waals surface area contributed by atoms with Crippen LogP contribution in [0.15, 0.2) is 81.0 Å². The van der Waals surface area contributed by atoms with Crippen LogP contribution in [0.2, 0.25) is 0 Å². The van der Waals surface area contributed by atoms with Crippen LogP contribution in [0, 0.1) is 12.8 Å². The molecule has 0 radical (unpaired) electrons. The molecule has 1 aromatic heterocycles. The SMILES string of the molecule is COc1cc([C@@H]2c3sc(=O)[nH]c3S[C@H]3C(=O)N(c4ccc(Br)cc4)C(=O)[C@@H]23)ccc1OCc1ccccc1C. The van der Waals surface area contributed by atoms with Crippen molar-refractivity contribution in [3.63, 3.8) is 0 Å². The maximum absolute atomic E-state index is 13.9. The highest BCUT2D eigenvalue weighted by molar-refractivity contribution is 9.10. The quantitative estimate of drug-likeness (QED) is 0.270. The first-order chi connectivity index (χ1) is 18.9. The first-order valence-corrected chi connectivity index (χ1v) is 14.7. The van der Waals surface area contributed by atoms with E-state index >= 15 is 0 Å². The molecule has 4 aromatic rings. The Hall–Kier alpha value is -3.34. The van der Waals surface area contributed by atoms with Gasteiger partial charge in [0.15, 0.2) is 11.5 Å². The standard InChI is InChI=1S/C29H23BrN2O5S2/c1-15-5-3-4-6-17(15)14-37-20-12-7-16(13-21(20)36-2)22-23-25(38-26-24(22)39-29(35)31-26)28(34)32(27(23)33)19-10-8-18(30)9-11-19/h3-13,22-23,25H,14H2,1-2H3,(H,31,35)/t22-,23-,25+/m0/s1. The van der Waals surface area contributed by atoms with Gasteiger partial charge in [0.1, 0.15) is 11.9 Å². The summed E-state index contributed by atoms with van der Waals surface area (Å²) in [5.41, 5.74) is 3.51. The van der Waals surface area contributed by atoms with Gasteiger partial charge in [0.05, 0.1) is 23.7 Å². The van der Waals surface area contributed by atoms with Crippen LogP contribution in [0.4, 0.5) is 5.69 Å². The Kier molecular flexibility index (Phi) is 6.86. The van der Waals surface area contributed by atoms with Gasteiger partial charge >= 0.3 is 4.87 Å². The van der Waals surface area contributed by atoms with Crippen molar-refractivity contribution in [2.24, 2.45) is 5.92 Å². The number of nitrogens with zero attached hydrogens (tertiary/aromatic N) is 1. The van der Waals surface area contributed by atoms with Crippen molar-refractivity contribution in [2.45, 2.75) is 29.7 Å². The summed E-state index contributed by atoms with van der Waals surface area (Å²) in [6.07, 6.45) is 0. The van der Waals surface area contributed by atoms with E-state index < -0.39 is 17.1 Å². The van der Waals surface area contributed by atoms with Gasteiger partial charge in [-0.25, -0.2) is 4.90 Å². The molecule has 0 saturated carbocycles. The number of thioether (sulfide) groups is 1. The lowest BCUT2D eigenvalue weighted by Crippen LogP contribution is -2.32. The smallest absolute Gasteiger partial charge is 0.305 e. The van der Waals surface area contributed by atoms with Crippen molar-refractivity contribution in [1.82, 2.24) is 4.98 Å². The van der Waals surface area contributed by atoms with Crippen LogP contribution in [0.5, 0.6) is 11.5 Å². The van der Waals surface area contributed by atoms with Gasteiger partial charge < -0.3 is 14.5 Å². The Bertz CT molecular complexity index is 1650. The Balaban J connectivity index is 1.38. The van der Waals surface area contributed by atoms with Crippen molar-refractivity contribution < 1.29 is 19.1 Å². The fourth-order valence-corrected chi connectivity index (χ4v) is 7.92. The number of anilines is 1. The summed E-state index contributed by atoms with van der Waals surface area (Å²) in [5.74, 6) is -0.652. The molecule has 7 nitrogen and oxygen atoms in total. The van der Waals surface area contributed by atoms with Gasteiger partial charge in [-0.1, -0.05) is 69.4 Å². The van der Waals surface area contributed by atoms with Crippen molar-refractivity contribution >= 4 is 56.5 Å². The molecule has 6 rings (SSSR count). The summed E-state index contributed by atoms with van der Waals surface area (Å²) >= 11 is 5.74. The fraction of sp³-hybridized carbons (Fsp3) is 0.207. The second kappa shape index (κ2) is 10.3. The van der Waals surface area contributed by atoms with Gasteiger partial charge in [0.2, 0.25) is 11.8 Å². The van der Waals surface area contributed by atoms with Crippen LogP contribution in [0.3, 0.4) is 0 Å². The number of hydrogen-bond donors (Lipinski definition) is 1. The third kappa shape index (κ3) is 4.60. The number of carbonyl (C=O) groups is 2. The van der Waals surface area contributed by atoms with Crippen LogP contribution in [-0.2, 0) is 16.2 Å². The maximum Gasteiger partial charge on any atom is 0.305 e. The Morgan fingerprint density at radius 2 is 1.74 bits per heavy atom. The fourth-order valence-electron chi connectivity index (χ4n) is 5.15. The molecule has 0 spiro atoms. The van der Waals surface area contributed by atoms with E-state index in [4.69, 9.17) is 9.47 Å². The lowest BCUT2D eigenvalue weighted by Gasteiger charge is -2.30. The maximum atomic E-state index is 13.9. The summed E-state index contributed by atoms with van der Waals surface area (Å²) in [6, 6.07) is 20.7. The molecule has 2 aliphatic heterocycles. The van der Waals surface area contributed by atoms with Crippen LogP contribution in [-0.4, -0.2) is 29.2 Å². The normalized spacial score (nSPS) is 20.1. The van der Waals surface area contributed by atoms with E-state index in [9.17, 15) is 14.4 Å². The monoisotopic (exact) mass is 622 g/mol. The number of methoxy groups -OCH3 is 1. The van der Waals surface area contributed by atoms with Crippen LogP contribution in [0.25, 0.3) is 0 Å². The highest BCUT2D eigenvalue weighted by Gasteiger charge is 2.56. The number of H-pyrrole nitrogens is 1. The number of aromatic amines is 1. The van der Waals surface area contributed by atoms with Crippen molar-refractivity contribution in [1.29, 1.82) is 0 Å². The summed E-state index contributed by atoms with van der Waals surface area (Å²) in [4.78, 5) is 44.5. The van der Waals surface area contributed by atoms with Gasteiger partial charge in [-0.05, 0) is 60.0 Å². The van der Waals surface area contributed by atoms with E-state index in [0.717, 1.165) is 37.4 Å². The summed E-state index contributed by atoms with van der Waals surface area (Å²) in [5, 5.41) is -0.0271. The molecule has 10 heteroatoms. The summed E-state index contributed by atoms with van der Waals surface area (Å²) in [6.45, 7) is 2.42. The zero-order valence-corrected chi connectivity index (χ0v) is 24.2. The predicted octanol–water partition coefficient (Wildman–Crippen LogP) is 5.89. The largest absolute Gasteiger partial charge is 0.493 e.